The lowest BCUT2D eigenvalue weighted by Gasteiger charge is -2.58. The molecule has 4 aliphatic rings. The second-order valence-corrected chi connectivity index (χ2v) is 13.4. The molecule has 0 unspecified atom stereocenters. The van der Waals surface area contributed by atoms with E-state index in [1.54, 1.807) is 12.5 Å². The molecule has 0 radical (unpaired) electrons. The zero-order chi connectivity index (χ0) is 24.8. The SMILES string of the molecule is CC(C)[C@@H](O)CC[C@@H](C)[C@H]1CC[C@H]2[C@@H]3CC=C4C[C@@H](OC(=O)[C@H](C)N)CC[C@]4(C)[C@H]3CC[C@]12C. The first-order chi connectivity index (χ1) is 16.0. The Labute approximate surface area is 208 Å². The molecule has 194 valence electrons. The van der Waals surface area contributed by atoms with Crippen LogP contribution in [0.1, 0.15) is 106 Å². The van der Waals surface area contributed by atoms with Crippen LogP contribution in [-0.4, -0.2) is 29.3 Å². The van der Waals surface area contributed by atoms with Gasteiger partial charge >= 0.3 is 5.97 Å². The number of fused-ring (bicyclic) bond motifs is 5. The molecule has 3 saturated carbocycles. The second-order valence-electron chi connectivity index (χ2n) is 13.4. The van der Waals surface area contributed by atoms with E-state index in [-0.39, 0.29) is 23.6 Å². The van der Waals surface area contributed by atoms with Gasteiger partial charge in [0.25, 0.3) is 0 Å². The molecular weight excluding hydrogens is 422 g/mol. The van der Waals surface area contributed by atoms with Crippen LogP contribution in [0.4, 0.5) is 0 Å². The molecule has 0 aromatic carbocycles. The molecule has 0 aromatic rings. The van der Waals surface area contributed by atoms with Crippen LogP contribution in [0.5, 0.6) is 0 Å². The Morgan fingerprint density at radius 2 is 1.82 bits per heavy atom. The number of rotatable bonds is 7. The molecule has 34 heavy (non-hydrogen) atoms. The highest BCUT2D eigenvalue weighted by Gasteiger charge is 2.59. The quantitative estimate of drug-likeness (QED) is 0.338. The van der Waals surface area contributed by atoms with Crippen LogP contribution in [0.3, 0.4) is 0 Å². The third-order valence-electron chi connectivity index (χ3n) is 11.2. The van der Waals surface area contributed by atoms with Gasteiger partial charge in [0.2, 0.25) is 0 Å². The van der Waals surface area contributed by atoms with Crippen molar-refractivity contribution in [2.75, 3.05) is 0 Å². The molecule has 0 heterocycles. The summed E-state index contributed by atoms with van der Waals surface area (Å²) in [6.45, 7) is 13.6. The Bertz CT molecular complexity index is 775. The minimum Gasteiger partial charge on any atom is -0.461 e. The lowest BCUT2D eigenvalue weighted by atomic mass is 9.47. The molecule has 4 aliphatic carbocycles. The fourth-order valence-electron chi connectivity index (χ4n) is 8.94. The molecule has 0 aliphatic heterocycles. The fraction of sp³-hybridized carbons (Fsp3) is 0.900. The van der Waals surface area contributed by atoms with Gasteiger partial charge < -0.3 is 15.6 Å². The normalized spacial score (nSPS) is 42.1. The summed E-state index contributed by atoms with van der Waals surface area (Å²) in [6.07, 6.45) is 14.1. The predicted molar refractivity (Wildman–Crippen MR) is 138 cm³/mol. The number of ether oxygens (including phenoxy) is 1. The highest BCUT2D eigenvalue weighted by molar-refractivity contribution is 5.75. The molecule has 0 saturated heterocycles. The van der Waals surface area contributed by atoms with E-state index in [9.17, 15) is 9.90 Å². The standard InChI is InChI=1S/C30H51NO3/c1-18(2)27(32)12-7-19(3)24-10-11-25-23-9-8-21-17-22(34-28(33)20(4)31)13-15-29(21,5)26(23)14-16-30(24,25)6/h8,18-20,22-27,32H,7,9-17,31H2,1-6H3/t19-,20+,22+,23+,24-,25+,26+,27+,29+,30-/m1/s1. The molecule has 0 bridgehead atoms. The van der Waals surface area contributed by atoms with Crippen LogP contribution in [0.15, 0.2) is 11.6 Å². The largest absolute Gasteiger partial charge is 0.461 e. The van der Waals surface area contributed by atoms with Crippen molar-refractivity contribution < 1.29 is 14.6 Å². The zero-order valence-corrected chi connectivity index (χ0v) is 22.7. The van der Waals surface area contributed by atoms with Gasteiger partial charge in [0, 0.05) is 6.42 Å². The van der Waals surface area contributed by atoms with Gasteiger partial charge in [0.1, 0.15) is 12.1 Å². The van der Waals surface area contributed by atoms with Gasteiger partial charge in [-0.2, -0.15) is 0 Å². The summed E-state index contributed by atoms with van der Waals surface area (Å²) in [7, 11) is 0. The number of hydrogen-bond donors (Lipinski definition) is 2. The molecule has 4 heteroatoms. The van der Waals surface area contributed by atoms with E-state index in [0.717, 1.165) is 55.8 Å². The number of nitrogens with two attached hydrogens (primary N) is 1. The Balaban J connectivity index is 1.44. The van der Waals surface area contributed by atoms with Crippen molar-refractivity contribution >= 4 is 5.97 Å². The summed E-state index contributed by atoms with van der Waals surface area (Å²) < 4.78 is 5.74. The average molecular weight is 474 g/mol. The molecule has 0 aromatic heterocycles. The lowest BCUT2D eigenvalue weighted by Crippen LogP contribution is -2.51. The molecule has 4 nitrogen and oxygen atoms in total. The molecular formula is C30H51NO3. The van der Waals surface area contributed by atoms with Crippen molar-refractivity contribution in [1.29, 1.82) is 0 Å². The number of aliphatic hydroxyl groups is 1. The zero-order valence-electron chi connectivity index (χ0n) is 22.7. The topological polar surface area (TPSA) is 72.5 Å². The fourth-order valence-corrected chi connectivity index (χ4v) is 8.94. The first-order valence-corrected chi connectivity index (χ1v) is 14.3. The second kappa shape index (κ2) is 9.88. The Kier molecular flexibility index (Phi) is 7.62. The van der Waals surface area contributed by atoms with Crippen LogP contribution in [0.2, 0.25) is 0 Å². The Morgan fingerprint density at radius 3 is 2.50 bits per heavy atom. The van der Waals surface area contributed by atoms with E-state index >= 15 is 0 Å². The minimum atomic E-state index is -0.541. The smallest absolute Gasteiger partial charge is 0.322 e. The van der Waals surface area contributed by atoms with Gasteiger partial charge in [-0.05, 0) is 111 Å². The molecule has 3 N–H and O–H groups in total. The van der Waals surface area contributed by atoms with Gasteiger partial charge in [-0.1, -0.05) is 46.3 Å². The van der Waals surface area contributed by atoms with Crippen molar-refractivity contribution in [2.45, 2.75) is 124 Å². The number of hydrogen-bond acceptors (Lipinski definition) is 4. The van der Waals surface area contributed by atoms with Gasteiger partial charge in [-0.3, -0.25) is 4.79 Å². The van der Waals surface area contributed by atoms with Crippen molar-refractivity contribution in [3.63, 3.8) is 0 Å². The number of carbonyl (C=O) groups excluding carboxylic acids is 1. The monoisotopic (exact) mass is 473 g/mol. The number of carbonyl (C=O) groups is 1. The van der Waals surface area contributed by atoms with Gasteiger partial charge in [-0.25, -0.2) is 0 Å². The van der Waals surface area contributed by atoms with E-state index in [2.05, 4.69) is 40.7 Å². The van der Waals surface area contributed by atoms with Crippen molar-refractivity contribution in [1.82, 2.24) is 0 Å². The minimum absolute atomic E-state index is 0.00105. The van der Waals surface area contributed by atoms with Crippen LogP contribution >= 0.6 is 0 Å². The van der Waals surface area contributed by atoms with Crippen molar-refractivity contribution in [3.05, 3.63) is 11.6 Å². The first-order valence-electron chi connectivity index (χ1n) is 14.3. The van der Waals surface area contributed by atoms with Crippen molar-refractivity contribution in [2.24, 2.45) is 52.1 Å². The highest BCUT2D eigenvalue weighted by Crippen LogP contribution is 2.67. The molecule has 4 rings (SSSR count). The number of esters is 1. The van der Waals surface area contributed by atoms with E-state index in [4.69, 9.17) is 10.5 Å². The van der Waals surface area contributed by atoms with Crippen LogP contribution in [-0.2, 0) is 9.53 Å². The first kappa shape index (κ1) is 26.2. The lowest BCUT2D eigenvalue weighted by molar-refractivity contribution is -0.152. The predicted octanol–water partition coefficient (Wildman–Crippen LogP) is 6.26. The van der Waals surface area contributed by atoms with E-state index in [1.807, 2.05) is 0 Å². The van der Waals surface area contributed by atoms with E-state index in [1.165, 1.54) is 32.1 Å². The maximum absolute atomic E-state index is 12.1. The summed E-state index contributed by atoms with van der Waals surface area (Å²) >= 11 is 0. The summed E-state index contributed by atoms with van der Waals surface area (Å²) in [4.78, 5) is 12.1. The Morgan fingerprint density at radius 1 is 1.09 bits per heavy atom. The van der Waals surface area contributed by atoms with Gasteiger partial charge in [0.15, 0.2) is 0 Å². The van der Waals surface area contributed by atoms with Crippen LogP contribution < -0.4 is 5.73 Å². The van der Waals surface area contributed by atoms with Gasteiger partial charge in [0.05, 0.1) is 6.10 Å². The molecule has 0 amide bonds. The van der Waals surface area contributed by atoms with E-state index < -0.39 is 6.04 Å². The maximum Gasteiger partial charge on any atom is 0.322 e. The summed E-state index contributed by atoms with van der Waals surface area (Å²) in [6, 6.07) is -0.541. The Hall–Kier alpha value is -0.870. The number of aliphatic hydroxyl groups excluding tert-OH is 1. The summed E-state index contributed by atoms with van der Waals surface area (Å²) in [5.41, 5.74) is 8.01. The third kappa shape index (κ3) is 4.63. The summed E-state index contributed by atoms with van der Waals surface area (Å²) in [5.74, 6) is 3.99. The third-order valence-corrected chi connectivity index (χ3v) is 11.2. The maximum atomic E-state index is 12.1. The number of allylic oxidation sites excluding steroid dienone is 1. The molecule has 10 atom stereocenters. The highest BCUT2D eigenvalue weighted by atomic mass is 16.5. The van der Waals surface area contributed by atoms with Crippen LogP contribution in [0.25, 0.3) is 0 Å². The summed E-state index contributed by atoms with van der Waals surface area (Å²) in [5, 5.41) is 10.4. The van der Waals surface area contributed by atoms with E-state index in [0.29, 0.717) is 17.3 Å². The van der Waals surface area contributed by atoms with Crippen molar-refractivity contribution in [3.8, 4) is 0 Å². The average Bonchev–Trinajstić information content (AvgIpc) is 3.14. The van der Waals surface area contributed by atoms with Crippen LogP contribution in [0, 0.1) is 46.3 Å². The molecule has 0 spiro atoms. The molecule has 3 fully saturated rings. The van der Waals surface area contributed by atoms with Gasteiger partial charge in [-0.15, -0.1) is 0 Å².